The maximum Gasteiger partial charge on any atom is 0.254 e. The fourth-order valence-electron chi connectivity index (χ4n) is 3.34. The highest BCUT2D eigenvalue weighted by Gasteiger charge is 2.20. The first-order valence-electron chi connectivity index (χ1n) is 10.8. The number of methoxy groups -OCH3 is 1. The quantitative estimate of drug-likeness (QED) is 0.328. The average Bonchev–Trinajstić information content (AvgIpc) is 3.30. The molecule has 1 heterocycles. The van der Waals surface area contributed by atoms with Gasteiger partial charge >= 0.3 is 0 Å². The molecule has 0 unspecified atom stereocenters. The molecule has 0 atom stereocenters. The van der Waals surface area contributed by atoms with Crippen molar-refractivity contribution in [3.63, 3.8) is 0 Å². The number of amides is 2. The van der Waals surface area contributed by atoms with Crippen LogP contribution in [0.1, 0.15) is 16.2 Å². The third kappa shape index (κ3) is 5.69. The van der Waals surface area contributed by atoms with Gasteiger partial charge in [-0.15, -0.1) is 10.2 Å². The van der Waals surface area contributed by atoms with E-state index in [-0.39, 0.29) is 23.5 Å². The molecular weight excluding hydrogens is 488 g/mol. The maximum absolute atomic E-state index is 14.0. The van der Waals surface area contributed by atoms with Gasteiger partial charge in [0.2, 0.25) is 5.91 Å². The Morgan fingerprint density at radius 3 is 2.39 bits per heavy atom. The first kappa shape index (κ1) is 24.9. The summed E-state index contributed by atoms with van der Waals surface area (Å²) in [6.45, 7) is -0.0692. The predicted molar refractivity (Wildman–Crippen MR) is 131 cm³/mol. The van der Waals surface area contributed by atoms with Crippen LogP contribution in [0.25, 0.3) is 5.69 Å². The monoisotopic (exact) mass is 509 g/mol. The number of hydrogen-bond donors (Lipinski definition) is 2. The topological polar surface area (TPSA) is 98.1 Å². The molecule has 3 aromatic carbocycles. The molecular formula is C25H21F2N5O3S. The van der Waals surface area contributed by atoms with E-state index < -0.39 is 23.4 Å². The second-order valence-electron chi connectivity index (χ2n) is 7.39. The lowest BCUT2D eigenvalue weighted by atomic mass is 10.2. The minimum Gasteiger partial charge on any atom is -0.495 e. The molecule has 0 radical (unpaired) electrons. The van der Waals surface area contributed by atoms with Crippen LogP contribution < -0.4 is 15.4 Å². The second-order valence-corrected chi connectivity index (χ2v) is 8.33. The SMILES string of the molecule is COc1ccccc1-n1c(CNC(=O)c2ccccc2F)nnc1SCC(=O)Nc1ccccc1F. The fourth-order valence-corrected chi connectivity index (χ4v) is 4.11. The first-order valence-corrected chi connectivity index (χ1v) is 11.7. The van der Waals surface area contributed by atoms with Crippen LogP contribution >= 0.6 is 11.8 Å². The highest BCUT2D eigenvalue weighted by Crippen LogP contribution is 2.29. The molecule has 0 aliphatic rings. The highest BCUT2D eigenvalue weighted by molar-refractivity contribution is 7.99. The summed E-state index contributed by atoms with van der Waals surface area (Å²) in [6.07, 6.45) is 0. The third-order valence-electron chi connectivity index (χ3n) is 5.03. The Bertz CT molecular complexity index is 1400. The minimum absolute atomic E-state index is 0.0692. The summed E-state index contributed by atoms with van der Waals surface area (Å²) in [7, 11) is 1.51. The van der Waals surface area contributed by atoms with Gasteiger partial charge in [-0.25, -0.2) is 8.78 Å². The molecule has 0 saturated heterocycles. The Kier molecular flexibility index (Phi) is 7.91. The van der Waals surface area contributed by atoms with Crippen LogP contribution in [-0.4, -0.2) is 39.4 Å². The van der Waals surface area contributed by atoms with E-state index in [0.29, 0.717) is 22.4 Å². The number of ether oxygens (including phenoxy) is 1. The molecule has 184 valence electrons. The number of thioether (sulfide) groups is 1. The smallest absolute Gasteiger partial charge is 0.254 e. The summed E-state index contributed by atoms with van der Waals surface area (Å²) >= 11 is 1.07. The van der Waals surface area contributed by atoms with Gasteiger partial charge in [-0.05, 0) is 36.4 Å². The molecule has 0 fully saturated rings. The lowest BCUT2D eigenvalue weighted by Crippen LogP contribution is -2.25. The van der Waals surface area contributed by atoms with Crippen LogP contribution in [-0.2, 0) is 11.3 Å². The lowest BCUT2D eigenvalue weighted by molar-refractivity contribution is -0.113. The number of halogens is 2. The number of carbonyl (C=O) groups excluding carboxylic acids is 2. The molecule has 36 heavy (non-hydrogen) atoms. The largest absolute Gasteiger partial charge is 0.495 e. The number of para-hydroxylation sites is 3. The van der Waals surface area contributed by atoms with E-state index in [1.807, 2.05) is 0 Å². The molecule has 2 amide bonds. The van der Waals surface area contributed by atoms with E-state index in [4.69, 9.17) is 4.74 Å². The first-order chi connectivity index (χ1) is 17.5. The zero-order valence-corrected chi connectivity index (χ0v) is 19.9. The summed E-state index contributed by atoms with van der Waals surface area (Å²) in [6, 6.07) is 18.6. The van der Waals surface area contributed by atoms with Gasteiger partial charge in [0.05, 0.1) is 36.3 Å². The number of benzene rings is 3. The van der Waals surface area contributed by atoms with Crippen molar-refractivity contribution in [3.05, 3.63) is 95.8 Å². The van der Waals surface area contributed by atoms with Crippen LogP contribution in [0.2, 0.25) is 0 Å². The van der Waals surface area contributed by atoms with Crippen molar-refractivity contribution in [2.75, 3.05) is 18.2 Å². The van der Waals surface area contributed by atoms with E-state index in [1.165, 1.54) is 43.5 Å². The van der Waals surface area contributed by atoms with E-state index in [1.54, 1.807) is 41.0 Å². The number of carbonyl (C=O) groups is 2. The van der Waals surface area contributed by atoms with Gasteiger partial charge in [0, 0.05) is 0 Å². The van der Waals surface area contributed by atoms with Crippen molar-refractivity contribution in [1.82, 2.24) is 20.1 Å². The molecule has 0 aliphatic heterocycles. The average molecular weight is 510 g/mol. The van der Waals surface area contributed by atoms with E-state index in [9.17, 15) is 18.4 Å². The second kappa shape index (κ2) is 11.5. The van der Waals surface area contributed by atoms with Gasteiger partial charge in [0.1, 0.15) is 17.4 Å². The Balaban J connectivity index is 1.56. The lowest BCUT2D eigenvalue weighted by Gasteiger charge is -2.14. The zero-order valence-electron chi connectivity index (χ0n) is 19.1. The zero-order chi connectivity index (χ0) is 25.5. The normalized spacial score (nSPS) is 10.6. The summed E-state index contributed by atoms with van der Waals surface area (Å²) < 4.78 is 35.0. The summed E-state index contributed by atoms with van der Waals surface area (Å²) in [5, 5.41) is 13.9. The van der Waals surface area contributed by atoms with Crippen LogP contribution in [0.3, 0.4) is 0 Å². The number of aromatic nitrogens is 3. The molecule has 0 saturated carbocycles. The van der Waals surface area contributed by atoms with E-state index >= 15 is 0 Å². The van der Waals surface area contributed by atoms with Crippen molar-refractivity contribution in [1.29, 1.82) is 0 Å². The van der Waals surface area contributed by atoms with Gasteiger partial charge in [0.25, 0.3) is 5.91 Å². The van der Waals surface area contributed by atoms with Crippen LogP contribution in [0.5, 0.6) is 5.75 Å². The fraction of sp³-hybridized carbons (Fsp3) is 0.120. The molecule has 2 N–H and O–H groups in total. The van der Waals surface area contributed by atoms with E-state index in [2.05, 4.69) is 20.8 Å². The Labute approximate surface area is 209 Å². The summed E-state index contributed by atoms with van der Waals surface area (Å²) in [5.74, 6) is -1.46. The molecule has 0 aliphatic carbocycles. The molecule has 4 aromatic rings. The van der Waals surface area contributed by atoms with Gasteiger partial charge in [0.15, 0.2) is 11.0 Å². The van der Waals surface area contributed by atoms with Crippen molar-refractivity contribution < 1.29 is 23.1 Å². The molecule has 0 spiro atoms. The Morgan fingerprint density at radius 2 is 1.64 bits per heavy atom. The summed E-state index contributed by atoms with van der Waals surface area (Å²) in [4.78, 5) is 25.0. The molecule has 4 rings (SSSR count). The molecule has 8 nitrogen and oxygen atoms in total. The third-order valence-corrected chi connectivity index (χ3v) is 5.96. The van der Waals surface area contributed by atoms with Crippen molar-refractivity contribution in [2.24, 2.45) is 0 Å². The summed E-state index contributed by atoms with van der Waals surface area (Å²) in [5.41, 5.74) is 0.559. The number of nitrogens with zero attached hydrogens (tertiary/aromatic N) is 3. The number of rotatable bonds is 9. The number of hydrogen-bond acceptors (Lipinski definition) is 6. The molecule has 11 heteroatoms. The predicted octanol–water partition coefficient (Wildman–Crippen LogP) is 4.21. The van der Waals surface area contributed by atoms with Crippen molar-refractivity contribution in [3.8, 4) is 11.4 Å². The van der Waals surface area contributed by atoms with Crippen LogP contribution in [0.4, 0.5) is 14.5 Å². The molecule has 1 aromatic heterocycles. The van der Waals surface area contributed by atoms with E-state index in [0.717, 1.165) is 11.8 Å². The maximum atomic E-state index is 14.0. The minimum atomic E-state index is -0.640. The standard InChI is InChI=1S/C25H21F2N5O3S/c1-35-21-13-7-6-12-20(21)32-22(14-28-24(34)16-8-2-3-9-17(16)26)30-31-25(32)36-15-23(33)29-19-11-5-4-10-18(19)27/h2-13H,14-15H2,1H3,(H,28,34)(H,29,33). The Hall–Kier alpha value is -4.25. The van der Waals surface area contributed by atoms with Gasteiger partial charge in [-0.3, -0.25) is 14.2 Å². The Morgan fingerprint density at radius 1 is 0.944 bits per heavy atom. The molecule has 0 bridgehead atoms. The van der Waals surface area contributed by atoms with Crippen LogP contribution in [0.15, 0.2) is 78.0 Å². The highest BCUT2D eigenvalue weighted by atomic mass is 32.2. The van der Waals surface area contributed by atoms with Gasteiger partial charge in [-0.2, -0.15) is 0 Å². The number of nitrogens with one attached hydrogen (secondary N) is 2. The number of anilines is 1. The van der Waals surface area contributed by atoms with Gasteiger partial charge in [-0.1, -0.05) is 48.2 Å². The van der Waals surface area contributed by atoms with Crippen molar-refractivity contribution in [2.45, 2.75) is 11.7 Å². The van der Waals surface area contributed by atoms with Crippen LogP contribution in [0, 0.1) is 11.6 Å². The van der Waals surface area contributed by atoms with Crippen molar-refractivity contribution >= 4 is 29.3 Å². The van der Waals surface area contributed by atoms with Gasteiger partial charge < -0.3 is 15.4 Å².